The summed E-state index contributed by atoms with van der Waals surface area (Å²) in [4.78, 5) is 26.2. The van der Waals surface area contributed by atoms with Gasteiger partial charge in [-0.1, -0.05) is 0 Å². The molecule has 136 valence electrons. The largest absolute Gasteiger partial charge is 0.497 e. The van der Waals surface area contributed by atoms with Gasteiger partial charge >= 0.3 is 0 Å². The van der Waals surface area contributed by atoms with Gasteiger partial charge in [-0.05, 0) is 36.1 Å². The number of methoxy groups -OCH3 is 1. The number of aromatic nitrogens is 3. The zero-order valence-electron chi connectivity index (χ0n) is 14.8. The van der Waals surface area contributed by atoms with Crippen LogP contribution in [0.5, 0.6) is 5.75 Å². The number of fused-ring (bicyclic) bond motifs is 2. The van der Waals surface area contributed by atoms with Crippen molar-refractivity contribution < 1.29 is 14.3 Å². The van der Waals surface area contributed by atoms with Gasteiger partial charge in [-0.3, -0.25) is 9.59 Å². The Hall–Kier alpha value is -2.90. The fourth-order valence-corrected chi connectivity index (χ4v) is 3.81. The number of ether oxygens (including phenoxy) is 1. The zero-order valence-corrected chi connectivity index (χ0v) is 14.8. The summed E-state index contributed by atoms with van der Waals surface area (Å²) in [6.45, 7) is 3.77. The van der Waals surface area contributed by atoms with Crippen LogP contribution in [0.1, 0.15) is 23.4 Å². The monoisotopic (exact) mass is 355 g/mol. The molecule has 8 nitrogen and oxygen atoms in total. The van der Waals surface area contributed by atoms with Crippen LogP contribution in [0.3, 0.4) is 0 Å². The number of rotatable bonds is 3. The third-order valence-corrected chi connectivity index (χ3v) is 5.26. The first-order valence-electron chi connectivity index (χ1n) is 8.68. The topological polar surface area (TPSA) is 89.3 Å². The van der Waals surface area contributed by atoms with Gasteiger partial charge in [0.2, 0.25) is 11.7 Å². The van der Waals surface area contributed by atoms with E-state index in [1.54, 1.807) is 38.3 Å². The van der Waals surface area contributed by atoms with E-state index < -0.39 is 0 Å². The fraction of sp³-hybridized carbons (Fsp3) is 0.444. The van der Waals surface area contributed by atoms with Crippen molar-refractivity contribution in [2.45, 2.75) is 19.9 Å². The van der Waals surface area contributed by atoms with Gasteiger partial charge in [0, 0.05) is 38.7 Å². The Kier molecular flexibility index (Phi) is 4.10. The average Bonchev–Trinajstić information content (AvgIpc) is 3.23. The summed E-state index contributed by atoms with van der Waals surface area (Å²) < 4.78 is 7.01. The molecule has 1 saturated heterocycles. The van der Waals surface area contributed by atoms with Gasteiger partial charge in [0.15, 0.2) is 0 Å². The second kappa shape index (κ2) is 6.44. The predicted octanol–water partition coefficient (Wildman–Crippen LogP) is 1.19. The lowest BCUT2D eigenvalue weighted by atomic mass is 9.89. The van der Waals surface area contributed by atoms with Crippen LogP contribution in [0.2, 0.25) is 0 Å². The molecule has 3 heterocycles. The van der Waals surface area contributed by atoms with Crippen molar-refractivity contribution in [1.29, 1.82) is 0 Å². The molecule has 1 N–H and O–H groups in total. The second-order valence-corrected chi connectivity index (χ2v) is 6.88. The minimum atomic E-state index is -0.284. The van der Waals surface area contributed by atoms with Gasteiger partial charge in [0.25, 0.3) is 5.91 Å². The molecular formula is C18H21N5O3. The summed E-state index contributed by atoms with van der Waals surface area (Å²) in [5.74, 6) is 2.42. The number of nitrogens with zero attached hydrogens (tertiary/aromatic N) is 4. The number of nitrogens with one attached hydrogen (secondary N) is 1. The lowest BCUT2D eigenvalue weighted by Crippen LogP contribution is -2.31. The average molecular weight is 355 g/mol. The Bertz CT molecular complexity index is 845. The molecule has 1 aromatic carbocycles. The highest BCUT2D eigenvalue weighted by molar-refractivity contribution is 6.01. The molecule has 0 bridgehead atoms. The number of likely N-dealkylation sites (tertiary alicyclic amines) is 1. The summed E-state index contributed by atoms with van der Waals surface area (Å²) in [5, 5.41) is 11.2. The van der Waals surface area contributed by atoms with Crippen molar-refractivity contribution in [3.05, 3.63) is 35.9 Å². The van der Waals surface area contributed by atoms with E-state index in [4.69, 9.17) is 4.74 Å². The molecule has 1 fully saturated rings. The number of carbonyl (C=O) groups is 2. The minimum Gasteiger partial charge on any atom is -0.497 e. The smallest absolute Gasteiger partial charge is 0.293 e. The predicted molar refractivity (Wildman–Crippen MR) is 93.9 cm³/mol. The molecule has 2 amide bonds. The Labute approximate surface area is 151 Å². The van der Waals surface area contributed by atoms with Crippen LogP contribution >= 0.6 is 0 Å². The molecule has 0 saturated carbocycles. The van der Waals surface area contributed by atoms with Crippen LogP contribution in [-0.2, 0) is 17.8 Å². The normalized spacial score (nSPS) is 21.1. The summed E-state index contributed by atoms with van der Waals surface area (Å²) in [6, 6.07) is 7.13. The Morgan fingerprint density at radius 1 is 1.12 bits per heavy atom. The molecular weight excluding hydrogens is 334 g/mol. The van der Waals surface area contributed by atoms with Crippen molar-refractivity contribution in [2.24, 2.45) is 11.8 Å². The van der Waals surface area contributed by atoms with Crippen molar-refractivity contribution in [1.82, 2.24) is 19.7 Å². The molecule has 26 heavy (non-hydrogen) atoms. The summed E-state index contributed by atoms with van der Waals surface area (Å²) in [6.07, 6.45) is 0.747. The molecule has 0 unspecified atom stereocenters. The van der Waals surface area contributed by atoms with Crippen LogP contribution in [0, 0.1) is 11.8 Å². The molecule has 0 radical (unpaired) electrons. The number of carbonyl (C=O) groups excluding carboxylic acids is 2. The number of amides is 2. The molecule has 1 aromatic heterocycles. The number of hydrogen-bond acceptors (Lipinski definition) is 5. The molecule has 2 aromatic rings. The van der Waals surface area contributed by atoms with Crippen LogP contribution in [0.15, 0.2) is 24.3 Å². The number of hydrogen-bond donors (Lipinski definition) is 1. The van der Waals surface area contributed by atoms with Crippen molar-refractivity contribution in [2.75, 3.05) is 25.5 Å². The maximum Gasteiger partial charge on any atom is 0.293 e. The lowest BCUT2D eigenvalue weighted by Gasteiger charge is -2.25. The molecule has 0 spiro atoms. The minimum absolute atomic E-state index is 0.104. The fourth-order valence-electron chi connectivity index (χ4n) is 3.81. The second-order valence-electron chi connectivity index (χ2n) is 6.88. The molecule has 2 aliphatic rings. The van der Waals surface area contributed by atoms with Crippen LogP contribution in [0.4, 0.5) is 5.69 Å². The van der Waals surface area contributed by atoms with Crippen molar-refractivity contribution in [3.63, 3.8) is 0 Å². The summed E-state index contributed by atoms with van der Waals surface area (Å²) in [7, 11) is 1.60. The van der Waals surface area contributed by atoms with Crippen molar-refractivity contribution in [3.8, 4) is 5.75 Å². The highest BCUT2D eigenvalue weighted by atomic mass is 16.5. The zero-order chi connectivity index (χ0) is 18.3. The number of anilines is 1. The quantitative estimate of drug-likeness (QED) is 0.893. The maximum atomic E-state index is 12.6. The van der Waals surface area contributed by atoms with E-state index >= 15 is 0 Å². The van der Waals surface area contributed by atoms with E-state index in [1.807, 2.05) is 9.47 Å². The van der Waals surface area contributed by atoms with Gasteiger partial charge in [0.05, 0.1) is 7.11 Å². The molecule has 2 atom stereocenters. The van der Waals surface area contributed by atoms with E-state index in [-0.39, 0.29) is 11.8 Å². The summed E-state index contributed by atoms with van der Waals surface area (Å²) in [5.41, 5.74) is 0.672. The SMILES string of the molecule is COc1ccc(NC(=O)c2nnc3n2C[C@@H]2CN(C(C)=O)C[C@H]2C3)cc1. The third-order valence-electron chi connectivity index (χ3n) is 5.26. The lowest BCUT2D eigenvalue weighted by molar-refractivity contribution is -0.128. The van der Waals surface area contributed by atoms with Gasteiger partial charge in [-0.15, -0.1) is 10.2 Å². The Morgan fingerprint density at radius 3 is 2.54 bits per heavy atom. The van der Waals surface area contributed by atoms with E-state index in [2.05, 4.69) is 15.5 Å². The maximum absolute atomic E-state index is 12.6. The Balaban J connectivity index is 1.50. The van der Waals surface area contributed by atoms with E-state index in [1.165, 1.54) is 0 Å². The molecule has 2 aliphatic heterocycles. The first-order chi connectivity index (χ1) is 12.5. The van der Waals surface area contributed by atoms with E-state index in [0.29, 0.717) is 29.9 Å². The summed E-state index contributed by atoms with van der Waals surface area (Å²) >= 11 is 0. The van der Waals surface area contributed by atoms with Gasteiger partial charge in [0.1, 0.15) is 11.6 Å². The van der Waals surface area contributed by atoms with Crippen molar-refractivity contribution >= 4 is 17.5 Å². The van der Waals surface area contributed by atoms with E-state index in [0.717, 1.165) is 31.1 Å². The van der Waals surface area contributed by atoms with Gasteiger partial charge in [-0.25, -0.2) is 0 Å². The first-order valence-corrected chi connectivity index (χ1v) is 8.68. The van der Waals surface area contributed by atoms with Crippen LogP contribution in [0.25, 0.3) is 0 Å². The molecule has 8 heteroatoms. The molecule has 0 aliphatic carbocycles. The first kappa shape index (κ1) is 16.6. The van der Waals surface area contributed by atoms with E-state index in [9.17, 15) is 9.59 Å². The highest BCUT2D eigenvalue weighted by Crippen LogP contribution is 2.32. The highest BCUT2D eigenvalue weighted by Gasteiger charge is 2.39. The standard InChI is InChI=1S/C18H21N5O3/c1-11(24)22-8-12-7-16-20-21-17(23(16)10-13(12)9-22)18(25)19-14-3-5-15(26-2)6-4-14/h3-6,12-13H,7-10H2,1-2H3,(H,19,25)/t12-,13+/m1/s1. The van der Waals surface area contributed by atoms with Gasteiger partial charge in [-0.2, -0.15) is 0 Å². The van der Waals surface area contributed by atoms with Crippen LogP contribution < -0.4 is 10.1 Å². The molecule has 4 rings (SSSR count). The number of benzene rings is 1. The van der Waals surface area contributed by atoms with Crippen LogP contribution in [-0.4, -0.2) is 51.7 Å². The van der Waals surface area contributed by atoms with Gasteiger partial charge < -0.3 is 19.5 Å². The Morgan fingerprint density at radius 2 is 1.85 bits per heavy atom. The third kappa shape index (κ3) is 2.91.